The smallest absolute Gasteiger partial charge is 0.310 e. The number of aryl methyl sites for hydroxylation is 1. The van der Waals surface area contributed by atoms with Crippen LogP contribution < -0.4 is 10.6 Å². The fourth-order valence-corrected chi connectivity index (χ4v) is 2.40. The Hall–Kier alpha value is -1.77. The number of benzene rings is 1. The number of hydrogen-bond donors (Lipinski definition) is 2. The van der Waals surface area contributed by atoms with Crippen LogP contribution >= 0.6 is 24.0 Å². The minimum absolute atomic E-state index is 0. The number of para-hydroxylation sites is 1. The molecule has 7 heteroatoms. The molecule has 0 aliphatic carbocycles. The van der Waals surface area contributed by atoms with E-state index < -0.39 is 0 Å². The summed E-state index contributed by atoms with van der Waals surface area (Å²) < 4.78 is 10.6. The Morgan fingerprint density at radius 1 is 1.32 bits per heavy atom. The first-order valence-corrected chi connectivity index (χ1v) is 8.13. The van der Waals surface area contributed by atoms with Crippen LogP contribution in [0.2, 0.25) is 0 Å². The zero-order chi connectivity index (χ0) is 17.5. The highest BCUT2D eigenvalue weighted by atomic mass is 127. The summed E-state index contributed by atoms with van der Waals surface area (Å²) in [6.45, 7) is 7.47. The molecule has 25 heavy (non-hydrogen) atoms. The summed E-state index contributed by atoms with van der Waals surface area (Å²) in [5, 5.41) is 7.43. The van der Waals surface area contributed by atoms with E-state index in [1.54, 1.807) is 0 Å². The van der Waals surface area contributed by atoms with Crippen molar-refractivity contribution in [2.24, 2.45) is 10.9 Å². The zero-order valence-electron chi connectivity index (χ0n) is 15.1. The summed E-state index contributed by atoms with van der Waals surface area (Å²) >= 11 is 0. The largest absolute Gasteiger partial charge is 0.469 e. The molecule has 0 spiro atoms. The maximum absolute atomic E-state index is 11.5. The lowest BCUT2D eigenvalue weighted by Gasteiger charge is -2.14. The number of esters is 1. The maximum atomic E-state index is 11.5. The van der Waals surface area contributed by atoms with Gasteiger partial charge in [-0.15, -0.1) is 24.0 Å². The number of carbonyl (C=O) groups excluding carboxylic acids is 1. The molecule has 138 valence electrons. The van der Waals surface area contributed by atoms with Gasteiger partial charge in [0.1, 0.15) is 17.9 Å². The van der Waals surface area contributed by atoms with Crippen molar-refractivity contribution in [3.05, 3.63) is 35.6 Å². The van der Waals surface area contributed by atoms with Gasteiger partial charge in [-0.25, -0.2) is 4.99 Å². The minimum Gasteiger partial charge on any atom is -0.469 e. The van der Waals surface area contributed by atoms with Gasteiger partial charge in [0.15, 0.2) is 5.96 Å². The molecule has 0 aliphatic heterocycles. The van der Waals surface area contributed by atoms with Crippen molar-refractivity contribution in [3.63, 3.8) is 0 Å². The molecule has 1 atom stereocenters. The second-order valence-electron chi connectivity index (χ2n) is 5.65. The number of aliphatic imine (C=N–C) groups is 1. The van der Waals surface area contributed by atoms with Gasteiger partial charge in [0.25, 0.3) is 0 Å². The SMILES string of the molecule is CCNC(=NCc1oc2ccccc2c1C)NCC(C)C(=O)OC.I. The summed E-state index contributed by atoms with van der Waals surface area (Å²) in [7, 11) is 1.39. The summed E-state index contributed by atoms with van der Waals surface area (Å²) in [6, 6.07) is 7.95. The van der Waals surface area contributed by atoms with Crippen LogP contribution in [0, 0.1) is 12.8 Å². The second kappa shape index (κ2) is 10.3. The number of halogens is 1. The Kier molecular flexibility index (Phi) is 8.74. The third kappa shape index (κ3) is 5.62. The van der Waals surface area contributed by atoms with Crippen LogP contribution in [-0.4, -0.2) is 32.1 Å². The molecule has 2 rings (SSSR count). The molecule has 0 bridgehead atoms. The van der Waals surface area contributed by atoms with Gasteiger partial charge in [-0.1, -0.05) is 25.1 Å². The quantitative estimate of drug-likeness (QED) is 0.300. The highest BCUT2D eigenvalue weighted by Crippen LogP contribution is 2.25. The standard InChI is InChI=1S/C18H25N3O3.HI/c1-5-19-18(20-10-12(2)17(22)23-4)21-11-16-13(3)14-8-6-7-9-15(14)24-16;/h6-9,12H,5,10-11H2,1-4H3,(H2,19,20,21);1H. The fourth-order valence-electron chi connectivity index (χ4n) is 2.40. The van der Waals surface area contributed by atoms with Gasteiger partial charge in [-0.05, 0) is 19.9 Å². The molecule has 1 aromatic carbocycles. The fraction of sp³-hybridized carbons (Fsp3) is 0.444. The van der Waals surface area contributed by atoms with E-state index in [4.69, 9.17) is 9.15 Å². The van der Waals surface area contributed by atoms with Crippen molar-refractivity contribution in [1.82, 2.24) is 10.6 Å². The first kappa shape index (κ1) is 21.3. The lowest BCUT2D eigenvalue weighted by atomic mass is 10.1. The molecule has 2 N–H and O–H groups in total. The van der Waals surface area contributed by atoms with E-state index in [1.165, 1.54) is 7.11 Å². The van der Waals surface area contributed by atoms with Crippen LogP contribution in [0.3, 0.4) is 0 Å². The van der Waals surface area contributed by atoms with Gasteiger partial charge in [-0.3, -0.25) is 4.79 Å². The summed E-state index contributed by atoms with van der Waals surface area (Å²) in [6.07, 6.45) is 0. The van der Waals surface area contributed by atoms with E-state index >= 15 is 0 Å². The van der Waals surface area contributed by atoms with Crippen LogP contribution in [0.4, 0.5) is 0 Å². The number of methoxy groups -OCH3 is 1. The van der Waals surface area contributed by atoms with Gasteiger partial charge in [-0.2, -0.15) is 0 Å². The molecule has 1 aromatic heterocycles. The lowest BCUT2D eigenvalue weighted by molar-refractivity contribution is -0.144. The molecule has 1 heterocycles. The van der Waals surface area contributed by atoms with Crippen LogP contribution in [-0.2, 0) is 16.1 Å². The Bertz CT molecular complexity index is 727. The third-order valence-corrected chi connectivity index (χ3v) is 3.85. The topological polar surface area (TPSA) is 75.9 Å². The molecular weight excluding hydrogens is 433 g/mol. The van der Waals surface area contributed by atoms with Gasteiger partial charge in [0.2, 0.25) is 0 Å². The van der Waals surface area contributed by atoms with Crippen molar-refractivity contribution in [3.8, 4) is 0 Å². The number of nitrogens with one attached hydrogen (secondary N) is 2. The number of furan rings is 1. The summed E-state index contributed by atoms with van der Waals surface area (Å²) in [5.41, 5.74) is 1.98. The van der Waals surface area contributed by atoms with Crippen molar-refractivity contribution < 1.29 is 13.9 Å². The number of ether oxygens (including phenoxy) is 1. The number of guanidine groups is 1. The lowest BCUT2D eigenvalue weighted by Crippen LogP contribution is -2.40. The molecule has 1 unspecified atom stereocenters. The predicted molar refractivity (Wildman–Crippen MR) is 110 cm³/mol. The molecule has 0 saturated carbocycles. The van der Waals surface area contributed by atoms with Crippen molar-refractivity contribution in [2.75, 3.05) is 20.2 Å². The second-order valence-corrected chi connectivity index (χ2v) is 5.65. The highest BCUT2D eigenvalue weighted by Gasteiger charge is 2.14. The number of fused-ring (bicyclic) bond motifs is 1. The number of carbonyl (C=O) groups is 1. The Morgan fingerprint density at radius 2 is 2.04 bits per heavy atom. The highest BCUT2D eigenvalue weighted by molar-refractivity contribution is 14.0. The van der Waals surface area contributed by atoms with E-state index in [0.29, 0.717) is 19.0 Å². The number of nitrogens with zero attached hydrogens (tertiary/aromatic N) is 1. The molecule has 0 saturated heterocycles. The molecule has 0 radical (unpaired) electrons. The number of hydrogen-bond acceptors (Lipinski definition) is 4. The molecule has 6 nitrogen and oxygen atoms in total. The van der Waals surface area contributed by atoms with Crippen LogP contribution in [0.25, 0.3) is 11.0 Å². The third-order valence-electron chi connectivity index (χ3n) is 3.85. The normalized spacial score (nSPS) is 12.4. The van der Waals surface area contributed by atoms with Crippen LogP contribution in [0.1, 0.15) is 25.2 Å². The van der Waals surface area contributed by atoms with Crippen molar-refractivity contribution >= 4 is 46.9 Å². The van der Waals surface area contributed by atoms with E-state index in [-0.39, 0.29) is 35.9 Å². The van der Waals surface area contributed by atoms with Crippen LogP contribution in [0.5, 0.6) is 0 Å². The summed E-state index contributed by atoms with van der Waals surface area (Å²) in [5.74, 6) is 1.00. The average molecular weight is 459 g/mol. The van der Waals surface area contributed by atoms with E-state index in [1.807, 2.05) is 45.0 Å². The van der Waals surface area contributed by atoms with Gasteiger partial charge in [0.05, 0.1) is 13.0 Å². The minimum atomic E-state index is -0.244. The molecular formula is C18H26IN3O3. The first-order chi connectivity index (χ1) is 11.6. The van der Waals surface area contributed by atoms with E-state index in [9.17, 15) is 4.79 Å². The van der Waals surface area contributed by atoms with E-state index in [2.05, 4.69) is 15.6 Å². The Labute approximate surface area is 165 Å². The molecule has 2 aromatic rings. The van der Waals surface area contributed by atoms with Gasteiger partial charge in [0, 0.05) is 24.0 Å². The predicted octanol–water partition coefficient (Wildman–Crippen LogP) is 3.22. The van der Waals surface area contributed by atoms with E-state index in [0.717, 1.165) is 28.8 Å². The monoisotopic (exact) mass is 459 g/mol. The van der Waals surface area contributed by atoms with Gasteiger partial charge >= 0.3 is 5.97 Å². The molecule has 0 aliphatic rings. The van der Waals surface area contributed by atoms with Crippen molar-refractivity contribution in [2.45, 2.75) is 27.3 Å². The van der Waals surface area contributed by atoms with Gasteiger partial charge < -0.3 is 19.8 Å². The maximum Gasteiger partial charge on any atom is 0.310 e. The first-order valence-electron chi connectivity index (χ1n) is 8.13. The average Bonchev–Trinajstić information content (AvgIpc) is 2.92. The Morgan fingerprint density at radius 3 is 2.68 bits per heavy atom. The number of rotatable bonds is 6. The molecule has 0 fully saturated rings. The Balaban J connectivity index is 0.00000312. The molecule has 0 amide bonds. The summed E-state index contributed by atoms with van der Waals surface area (Å²) in [4.78, 5) is 16.0. The van der Waals surface area contributed by atoms with Crippen molar-refractivity contribution in [1.29, 1.82) is 0 Å². The van der Waals surface area contributed by atoms with Crippen LogP contribution in [0.15, 0.2) is 33.7 Å². The zero-order valence-corrected chi connectivity index (χ0v) is 17.4.